The molecule has 6 nitrogen and oxygen atoms in total. The smallest absolute Gasteiger partial charge is 0.283 e. The third-order valence-corrected chi connectivity index (χ3v) is 9.64. The first-order chi connectivity index (χ1) is 20.1. The standard InChI is InChI=1S/C33H28N4O2S2/c1-21-34-31-30(27-10-6-7-11-29(27)41-31)32(38)37(21)35-33-36(25-16-18-26(39-2)19-17-25)28(20-40-33)24-14-12-23(13-15-24)22-8-4-3-5-9-22/h3-5,8-9,12-20H,6-7,10-11H2,1-2H3/b35-33-. The Morgan fingerprint density at radius 1 is 0.878 bits per heavy atom. The van der Waals surface area contributed by atoms with Crippen molar-refractivity contribution in [1.82, 2.24) is 14.2 Å². The highest BCUT2D eigenvalue weighted by Crippen LogP contribution is 2.34. The lowest BCUT2D eigenvalue weighted by molar-refractivity contribution is 0.414. The molecule has 7 rings (SSSR count). The average molecular weight is 577 g/mol. The number of thiazole rings is 1. The summed E-state index contributed by atoms with van der Waals surface area (Å²) in [5, 5.41) is 7.78. The maximum atomic E-state index is 13.9. The molecule has 3 aromatic carbocycles. The number of aryl methyl sites for hydroxylation is 3. The van der Waals surface area contributed by atoms with E-state index in [0.717, 1.165) is 57.7 Å². The first-order valence-corrected chi connectivity index (χ1v) is 15.4. The molecule has 0 aliphatic heterocycles. The molecule has 6 aromatic rings. The van der Waals surface area contributed by atoms with Gasteiger partial charge < -0.3 is 4.74 Å². The van der Waals surface area contributed by atoms with Crippen molar-refractivity contribution in [1.29, 1.82) is 0 Å². The van der Waals surface area contributed by atoms with Crippen molar-refractivity contribution in [2.24, 2.45) is 5.10 Å². The number of fused-ring (bicyclic) bond motifs is 3. The Morgan fingerprint density at radius 2 is 1.59 bits per heavy atom. The molecule has 0 atom stereocenters. The number of hydrogen-bond donors (Lipinski definition) is 0. The van der Waals surface area contributed by atoms with E-state index in [1.165, 1.54) is 38.4 Å². The minimum absolute atomic E-state index is 0.0876. The number of thiophene rings is 1. The van der Waals surface area contributed by atoms with Crippen LogP contribution in [0.4, 0.5) is 0 Å². The van der Waals surface area contributed by atoms with Crippen LogP contribution in [0.5, 0.6) is 5.75 Å². The van der Waals surface area contributed by atoms with Crippen LogP contribution in [0.25, 0.3) is 38.3 Å². The molecule has 3 aromatic heterocycles. The molecule has 0 spiro atoms. The van der Waals surface area contributed by atoms with Crippen molar-refractivity contribution in [3.05, 3.63) is 116 Å². The molecule has 1 aliphatic rings. The second-order valence-electron chi connectivity index (χ2n) is 10.1. The number of methoxy groups -OCH3 is 1. The Balaban J connectivity index is 1.41. The SMILES string of the molecule is COc1ccc(-n2c(-c3ccc(-c4ccccc4)cc3)cs/c2=N\n2c(C)nc3sc4c(c3c2=O)CCCC4)cc1. The van der Waals surface area contributed by atoms with Gasteiger partial charge in [0.2, 0.25) is 4.80 Å². The Bertz CT molecular complexity index is 2000. The summed E-state index contributed by atoms with van der Waals surface area (Å²) in [7, 11) is 1.66. The first kappa shape index (κ1) is 25.7. The van der Waals surface area contributed by atoms with Crippen LogP contribution >= 0.6 is 22.7 Å². The Hall–Kier alpha value is -4.27. The van der Waals surface area contributed by atoms with Gasteiger partial charge in [0.1, 0.15) is 16.4 Å². The summed E-state index contributed by atoms with van der Waals surface area (Å²) in [4.78, 5) is 21.5. The van der Waals surface area contributed by atoms with E-state index in [0.29, 0.717) is 10.6 Å². The molecular formula is C33H28N4O2S2. The number of nitrogens with zero attached hydrogens (tertiary/aromatic N) is 4. The van der Waals surface area contributed by atoms with Gasteiger partial charge in [0.15, 0.2) is 0 Å². The summed E-state index contributed by atoms with van der Waals surface area (Å²) < 4.78 is 8.99. The fourth-order valence-electron chi connectivity index (χ4n) is 5.53. The van der Waals surface area contributed by atoms with Gasteiger partial charge in [-0.15, -0.1) is 27.8 Å². The highest BCUT2D eigenvalue weighted by atomic mass is 32.1. The summed E-state index contributed by atoms with van der Waals surface area (Å²) in [5.41, 5.74) is 6.40. The molecule has 3 heterocycles. The van der Waals surface area contributed by atoms with Crippen LogP contribution in [0.3, 0.4) is 0 Å². The van der Waals surface area contributed by atoms with Gasteiger partial charge in [-0.25, -0.2) is 4.98 Å². The number of hydrogen-bond acceptors (Lipinski definition) is 6. The van der Waals surface area contributed by atoms with Gasteiger partial charge in [-0.3, -0.25) is 9.36 Å². The zero-order valence-corrected chi connectivity index (χ0v) is 24.5. The molecule has 0 radical (unpaired) electrons. The summed E-state index contributed by atoms with van der Waals surface area (Å²) >= 11 is 3.17. The lowest BCUT2D eigenvalue weighted by atomic mass is 9.97. The minimum atomic E-state index is -0.0876. The molecule has 41 heavy (non-hydrogen) atoms. The van der Waals surface area contributed by atoms with Gasteiger partial charge in [0.25, 0.3) is 5.56 Å². The average Bonchev–Trinajstić information content (AvgIpc) is 3.61. The van der Waals surface area contributed by atoms with Crippen LogP contribution in [-0.2, 0) is 12.8 Å². The predicted octanol–water partition coefficient (Wildman–Crippen LogP) is 7.20. The van der Waals surface area contributed by atoms with Crippen molar-refractivity contribution in [3.63, 3.8) is 0 Å². The number of aromatic nitrogens is 3. The third kappa shape index (κ3) is 4.63. The molecule has 0 fully saturated rings. The monoisotopic (exact) mass is 576 g/mol. The van der Waals surface area contributed by atoms with Crippen molar-refractivity contribution >= 4 is 32.9 Å². The van der Waals surface area contributed by atoms with E-state index in [9.17, 15) is 4.79 Å². The number of ether oxygens (including phenoxy) is 1. The minimum Gasteiger partial charge on any atom is -0.497 e. The van der Waals surface area contributed by atoms with E-state index in [2.05, 4.69) is 58.5 Å². The number of rotatable bonds is 5. The highest BCUT2D eigenvalue weighted by molar-refractivity contribution is 7.18. The topological polar surface area (TPSA) is 61.4 Å². The van der Waals surface area contributed by atoms with Gasteiger partial charge >= 0.3 is 0 Å². The zero-order chi connectivity index (χ0) is 27.9. The number of benzene rings is 3. The Morgan fingerprint density at radius 3 is 2.34 bits per heavy atom. The summed E-state index contributed by atoms with van der Waals surface area (Å²) in [6, 6.07) is 26.8. The molecule has 0 N–H and O–H groups in total. The molecule has 0 unspecified atom stereocenters. The molecule has 204 valence electrons. The van der Waals surface area contributed by atoms with Crippen LogP contribution in [0, 0.1) is 6.92 Å². The van der Waals surface area contributed by atoms with Crippen LogP contribution in [0.1, 0.15) is 29.1 Å². The quantitative estimate of drug-likeness (QED) is 0.218. The largest absolute Gasteiger partial charge is 0.497 e. The van der Waals surface area contributed by atoms with E-state index in [4.69, 9.17) is 14.8 Å². The molecule has 8 heteroatoms. The van der Waals surface area contributed by atoms with Crippen molar-refractivity contribution in [2.45, 2.75) is 32.6 Å². The van der Waals surface area contributed by atoms with Crippen molar-refractivity contribution < 1.29 is 4.74 Å². The van der Waals surface area contributed by atoms with Crippen LogP contribution < -0.4 is 15.1 Å². The normalized spacial score (nSPS) is 13.5. The highest BCUT2D eigenvalue weighted by Gasteiger charge is 2.21. The van der Waals surface area contributed by atoms with E-state index in [1.807, 2.05) is 37.3 Å². The second-order valence-corrected chi connectivity index (χ2v) is 12.1. The van der Waals surface area contributed by atoms with E-state index in [1.54, 1.807) is 18.4 Å². The fourth-order valence-corrected chi connectivity index (χ4v) is 7.72. The van der Waals surface area contributed by atoms with Gasteiger partial charge in [-0.1, -0.05) is 54.6 Å². The first-order valence-electron chi connectivity index (χ1n) is 13.7. The zero-order valence-electron chi connectivity index (χ0n) is 22.8. The Kier molecular flexibility index (Phi) is 6.65. The molecule has 1 aliphatic carbocycles. The molecule has 0 saturated carbocycles. The van der Waals surface area contributed by atoms with Crippen molar-refractivity contribution in [2.75, 3.05) is 7.11 Å². The summed E-state index contributed by atoms with van der Waals surface area (Å²) in [6.07, 6.45) is 4.24. The molecule has 0 amide bonds. The van der Waals surface area contributed by atoms with Crippen LogP contribution in [-0.4, -0.2) is 21.3 Å². The summed E-state index contributed by atoms with van der Waals surface area (Å²) in [5.74, 6) is 1.37. The van der Waals surface area contributed by atoms with E-state index < -0.39 is 0 Å². The van der Waals surface area contributed by atoms with Gasteiger partial charge in [0, 0.05) is 15.9 Å². The van der Waals surface area contributed by atoms with E-state index >= 15 is 0 Å². The van der Waals surface area contributed by atoms with Crippen LogP contribution in [0.15, 0.2) is 94.1 Å². The fraction of sp³-hybridized carbons (Fsp3) is 0.182. The van der Waals surface area contributed by atoms with Crippen molar-refractivity contribution in [3.8, 4) is 33.8 Å². The molecule has 0 bridgehead atoms. The maximum absolute atomic E-state index is 13.9. The van der Waals surface area contributed by atoms with Gasteiger partial charge in [-0.05, 0) is 79.1 Å². The summed E-state index contributed by atoms with van der Waals surface area (Å²) in [6.45, 7) is 1.86. The van der Waals surface area contributed by atoms with Gasteiger partial charge in [0.05, 0.1) is 18.2 Å². The molecular weight excluding hydrogens is 549 g/mol. The molecule has 0 saturated heterocycles. The second kappa shape index (κ2) is 10.6. The van der Waals surface area contributed by atoms with Gasteiger partial charge in [-0.2, -0.15) is 4.68 Å². The lowest BCUT2D eigenvalue weighted by Crippen LogP contribution is -2.25. The maximum Gasteiger partial charge on any atom is 0.283 e. The lowest BCUT2D eigenvalue weighted by Gasteiger charge is -2.12. The van der Waals surface area contributed by atoms with E-state index in [-0.39, 0.29) is 5.56 Å². The third-order valence-electron chi connectivity index (χ3n) is 7.64. The predicted molar refractivity (Wildman–Crippen MR) is 167 cm³/mol. The Labute approximate surface area is 245 Å². The van der Waals surface area contributed by atoms with Crippen LogP contribution in [0.2, 0.25) is 0 Å².